The molecule has 0 radical (unpaired) electrons. The highest BCUT2D eigenvalue weighted by atomic mass is 19.1. The van der Waals surface area contributed by atoms with E-state index < -0.39 is 6.17 Å². The number of alkyl halides is 1. The van der Waals surface area contributed by atoms with Crippen molar-refractivity contribution in [3.63, 3.8) is 0 Å². The zero-order chi connectivity index (χ0) is 17.2. The lowest BCUT2D eigenvalue weighted by molar-refractivity contribution is 0.246. The van der Waals surface area contributed by atoms with E-state index in [2.05, 4.69) is 40.7 Å². The Kier molecular flexibility index (Phi) is 10.1. The molecule has 0 aromatic heterocycles. The zero-order valence-corrected chi connectivity index (χ0v) is 16.4. The molecule has 0 aromatic carbocycles. The average molecular weight is 325 g/mol. The van der Waals surface area contributed by atoms with Crippen LogP contribution in [0.4, 0.5) is 4.39 Å². The van der Waals surface area contributed by atoms with Crippen molar-refractivity contribution in [2.45, 2.75) is 105 Å². The Bertz CT molecular complexity index is 333. The van der Waals surface area contributed by atoms with Crippen molar-refractivity contribution in [2.24, 2.45) is 23.7 Å². The standard InChI is InChI=1S/C22H41F/c1-6-7-10-17(2)11-8-12-18(3)19(4)15-16-21-14-9-13-20(5)22(21)23/h14,17-20,22H,6-13,15-16H2,1-5H3. The Labute approximate surface area is 145 Å². The van der Waals surface area contributed by atoms with E-state index in [0.717, 1.165) is 43.1 Å². The van der Waals surface area contributed by atoms with E-state index in [1.54, 1.807) is 0 Å². The Morgan fingerprint density at radius 2 is 1.70 bits per heavy atom. The van der Waals surface area contributed by atoms with E-state index in [0.29, 0.717) is 5.92 Å². The highest BCUT2D eigenvalue weighted by Gasteiger charge is 2.24. The van der Waals surface area contributed by atoms with Gasteiger partial charge in [-0.05, 0) is 54.9 Å². The molecule has 0 aliphatic heterocycles. The fourth-order valence-corrected chi connectivity index (χ4v) is 3.84. The number of halogens is 1. The predicted octanol–water partition coefficient (Wildman–Crippen LogP) is 7.73. The van der Waals surface area contributed by atoms with Crippen LogP contribution in [0.15, 0.2) is 11.6 Å². The van der Waals surface area contributed by atoms with Gasteiger partial charge in [0, 0.05) is 0 Å². The SMILES string of the molecule is CCCCC(C)CCCC(C)C(C)CCC1=CCCC(C)C1F. The molecule has 0 fully saturated rings. The average Bonchev–Trinajstić information content (AvgIpc) is 2.53. The third kappa shape index (κ3) is 7.86. The van der Waals surface area contributed by atoms with Crippen LogP contribution in [-0.4, -0.2) is 6.17 Å². The van der Waals surface area contributed by atoms with Crippen LogP contribution in [0.3, 0.4) is 0 Å². The Hall–Kier alpha value is -0.330. The maximum atomic E-state index is 14.2. The molecule has 136 valence electrons. The zero-order valence-electron chi connectivity index (χ0n) is 16.4. The lowest BCUT2D eigenvalue weighted by Crippen LogP contribution is -2.20. The van der Waals surface area contributed by atoms with Gasteiger partial charge >= 0.3 is 0 Å². The van der Waals surface area contributed by atoms with E-state index in [1.165, 1.54) is 38.5 Å². The van der Waals surface area contributed by atoms with Crippen LogP contribution in [0.1, 0.15) is 98.8 Å². The van der Waals surface area contributed by atoms with Gasteiger partial charge < -0.3 is 0 Å². The highest BCUT2D eigenvalue weighted by molar-refractivity contribution is 5.13. The highest BCUT2D eigenvalue weighted by Crippen LogP contribution is 2.32. The Morgan fingerprint density at radius 3 is 2.39 bits per heavy atom. The summed E-state index contributed by atoms with van der Waals surface area (Å²) in [6, 6.07) is 0. The smallest absolute Gasteiger partial charge is 0.124 e. The number of hydrogen-bond acceptors (Lipinski definition) is 0. The molecule has 0 saturated heterocycles. The molecule has 0 saturated carbocycles. The lowest BCUT2D eigenvalue weighted by Gasteiger charge is -2.26. The number of allylic oxidation sites excluding steroid dienone is 2. The summed E-state index contributed by atoms with van der Waals surface area (Å²) < 4.78 is 14.2. The molecule has 1 rings (SSSR count). The number of hydrogen-bond donors (Lipinski definition) is 0. The second-order valence-electron chi connectivity index (χ2n) is 8.41. The van der Waals surface area contributed by atoms with E-state index in [1.807, 2.05) is 0 Å². The van der Waals surface area contributed by atoms with Crippen LogP contribution in [0, 0.1) is 23.7 Å². The molecular formula is C22H41F. The van der Waals surface area contributed by atoms with E-state index in [-0.39, 0.29) is 5.92 Å². The molecule has 5 atom stereocenters. The molecule has 0 spiro atoms. The second-order valence-corrected chi connectivity index (χ2v) is 8.41. The van der Waals surface area contributed by atoms with Crippen molar-refractivity contribution in [2.75, 3.05) is 0 Å². The van der Waals surface area contributed by atoms with Gasteiger partial charge in [-0.3, -0.25) is 0 Å². The molecule has 0 nitrogen and oxygen atoms in total. The molecule has 0 heterocycles. The van der Waals surface area contributed by atoms with Gasteiger partial charge in [0.25, 0.3) is 0 Å². The molecule has 0 N–H and O–H groups in total. The molecule has 23 heavy (non-hydrogen) atoms. The van der Waals surface area contributed by atoms with Crippen LogP contribution in [0.5, 0.6) is 0 Å². The van der Waals surface area contributed by atoms with Crippen molar-refractivity contribution in [3.05, 3.63) is 11.6 Å². The molecule has 0 bridgehead atoms. The molecular weight excluding hydrogens is 283 g/mol. The summed E-state index contributed by atoms with van der Waals surface area (Å²) in [5.41, 5.74) is 1.09. The summed E-state index contributed by atoms with van der Waals surface area (Å²) in [6.07, 6.45) is 13.9. The van der Waals surface area contributed by atoms with Crippen LogP contribution in [0.2, 0.25) is 0 Å². The lowest BCUT2D eigenvalue weighted by atomic mass is 9.82. The van der Waals surface area contributed by atoms with Crippen molar-refractivity contribution >= 4 is 0 Å². The van der Waals surface area contributed by atoms with Crippen LogP contribution in [0.25, 0.3) is 0 Å². The summed E-state index contributed by atoms with van der Waals surface area (Å²) >= 11 is 0. The van der Waals surface area contributed by atoms with Crippen molar-refractivity contribution in [1.82, 2.24) is 0 Å². The third-order valence-electron chi connectivity index (χ3n) is 6.15. The van der Waals surface area contributed by atoms with Crippen LogP contribution >= 0.6 is 0 Å². The van der Waals surface area contributed by atoms with Gasteiger partial charge in [0.2, 0.25) is 0 Å². The topological polar surface area (TPSA) is 0 Å². The number of unbranched alkanes of at least 4 members (excludes halogenated alkanes) is 1. The normalized spacial score (nSPS) is 25.7. The first-order valence-electron chi connectivity index (χ1n) is 10.3. The first-order valence-corrected chi connectivity index (χ1v) is 10.3. The predicted molar refractivity (Wildman–Crippen MR) is 101 cm³/mol. The summed E-state index contributed by atoms with van der Waals surface area (Å²) in [7, 11) is 0. The first-order chi connectivity index (χ1) is 11.0. The van der Waals surface area contributed by atoms with Gasteiger partial charge in [-0.2, -0.15) is 0 Å². The van der Waals surface area contributed by atoms with Gasteiger partial charge in [-0.15, -0.1) is 0 Å². The fraction of sp³-hybridized carbons (Fsp3) is 0.909. The van der Waals surface area contributed by atoms with Crippen molar-refractivity contribution < 1.29 is 4.39 Å². The second kappa shape index (κ2) is 11.3. The van der Waals surface area contributed by atoms with E-state index in [4.69, 9.17) is 0 Å². The molecule has 0 aromatic rings. The maximum Gasteiger partial charge on any atom is 0.124 e. The van der Waals surface area contributed by atoms with Crippen molar-refractivity contribution in [3.8, 4) is 0 Å². The molecule has 1 aliphatic carbocycles. The summed E-state index contributed by atoms with van der Waals surface area (Å²) in [6.45, 7) is 11.5. The first kappa shape index (κ1) is 20.7. The van der Waals surface area contributed by atoms with Gasteiger partial charge in [0.1, 0.15) is 6.17 Å². The minimum absolute atomic E-state index is 0.229. The van der Waals surface area contributed by atoms with Crippen LogP contribution in [-0.2, 0) is 0 Å². The Morgan fingerprint density at radius 1 is 1.04 bits per heavy atom. The molecule has 1 heteroatoms. The Balaban J connectivity index is 2.21. The monoisotopic (exact) mass is 324 g/mol. The molecule has 5 unspecified atom stereocenters. The van der Waals surface area contributed by atoms with Crippen molar-refractivity contribution in [1.29, 1.82) is 0 Å². The third-order valence-corrected chi connectivity index (χ3v) is 6.15. The summed E-state index contributed by atoms with van der Waals surface area (Å²) in [4.78, 5) is 0. The minimum Gasteiger partial charge on any atom is -0.242 e. The van der Waals surface area contributed by atoms with Gasteiger partial charge in [-0.25, -0.2) is 4.39 Å². The molecule has 0 amide bonds. The van der Waals surface area contributed by atoms with E-state index >= 15 is 0 Å². The van der Waals surface area contributed by atoms with Gasteiger partial charge in [0.15, 0.2) is 0 Å². The molecule has 1 aliphatic rings. The van der Waals surface area contributed by atoms with Gasteiger partial charge in [-0.1, -0.05) is 79.2 Å². The quantitative estimate of drug-likeness (QED) is 0.341. The largest absolute Gasteiger partial charge is 0.242 e. The van der Waals surface area contributed by atoms with Crippen LogP contribution < -0.4 is 0 Å². The minimum atomic E-state index is -0.675. The van der Waals surface area contributed by atoms with E-state index in [9.17, 15) is 4.39 Å². The summed E-state index contributed by atoms with van der Waals surface area (Å²) in [5, 5.41) is 0. The summed E-state index contributed by atoms with van der Waals surface area (Å²) in [5.74, 6) is 2.60. The fourth-order valence-electron chi connectivity index (χ4n) is 3.84. The number of rotatable bonds is 11. The van der Waals surface area contributed by atoms with Gasteiger partial charge in [0.05, 0.1) is 0 Å². The maximum absolute atomic E-state index is 14.2.